The van der Waals surface area contributed by atoms with E-state index in [-0.39, 0.29) is 5.91 Å². The molecule has 124 valence electrons. The van der Waals surface area contributed by atoms with Gasteiger partial charge in [-0.1, -0.05) is 36.4 Å². The van der Waals surface area contributed by atoms with Crippen LogP contribution in [0.3, 0.4) is 0 Å². The van der Waals surface area contributed by atoms with Crippen molar-refractivity contribution in [1.29, 1.82) is 0 Å². The summed E-state index contributed by atoms with van der Waals surface area (Å²) in [7, 11) is 0. The number of hydrogen-bond donors (Lipinski definition) is 1. The smallest absolute Gasteiger partial charge is 0.310 e. The van der Waals surface area contributed by atoms with Crippen LogP contribution in [-0.4, -0.2) is 17.0 Å². The van der Waals surface area contributed by atoms with E-state index < -0.39 is 11.9 Å². The van der Waals surface area contributed by atoms with Gasteiger partial charge in [0, 0.05) is 11.3 Å². The first kappa shape index (κ1) is 15.4. The van der Waals surface area contributed by atoms with E-state index in [2.05, 4.69) is 6.07 Å². The van der Waals surface area contributed by atoms with Gasteiger partial charge in [0.25, 0.3) is 5.91 Å². The van der Waals surface area contributed by atoms with Crippen LogP contribution in [0.2, 0.25) is 0 Å². The second-order valence-electron chi connectivity index (χ2n) is 6.40. The third-order valence-corrected chi connectivity index (χ3v) is 4.85. The molecule has 1 atom stereocenters. The second-order valence-corrected chi connectivity index (χ2v) is 6.40. The minimum Gasteiger partial charge on any atom is -0.481 e. The summed E-state index contributed by atoms with van der Waals surface area (Å²) in [6.45, 7) is 2.19. The monoisotopic (exact) mass is 331 g/mol. The highest BCUT2D eigenvalue weighted by atomic mass is 16.4. The Morgan fingerprint density at radius 2 is 1.68 bits per heavy atom. The first-order valence-electron chi connectivity index (χ1n) is 8.21. The maximum absolute atomic E-state index is 12.8. The van der Waals surface area contributed by atoms with Crippen molar-refractivity contribution in [2.75, 3.05) is 4.90 Å². The summed E-state index contributed by atoms with van der Waals surface area (Å²) in [4.78, 5) is 25.6. The van der Waals surface area contributed by atoms with Crippen LogP contribution in [0.15, 0.2) is 60.7 Å². The van der Waals surface area contributed by atoms with Crippen molar-refractivity contribution in [3.05, 3.63) is 77.4 Å². The van der Waals surface area contributed by atoms with Gasteiger partial charge in [-0.2, -0.15) is 0 Å². The first-order valence-corrected chi connectivity index (χ1v) is 8.21. The summed E-state index contributed by atoms with van der Waals surface area (Å²) in [5, 5.41) is 11.3. The molecule has 1 aliphatic rings. The fourth-order valence-electron chi connectivity index (χ4n) is 3.30. The van der Waals surface area contributed by atoms with Gasteiger partial charge in [0.15, 0.2) is 0 Å². The predicted molar refractivity (Wildman–Crippen MR) is 97.0 cm³/mol. The Balaban J connectivity index is 1.67. The van der Waals surface area contributed by atoms with E-state index in [0.717, 1.165) is 33.2 Å². The molecule has 0 radical (unpaired) electrons. The summed E-state index contributed by atoms with van der Waals surface area (Å²) in [5.74, 6) is -1.44. The number of benzene rings is 3. The molecule has 1 N–H and O–H groups in total. The minimum absolute atomic E-state index is 0.0141. The van der Waals surface area contributed by atoms with Gasteiger partial charge in [0.05, 0.1) is 12.5 Å². The molecule has 0 fully saturated rings. The maximum Gasteiger partial charge on any atom is 0.310 e. The largest absolute Gasteiger partial charge is 0.481 e. The van der Waals surface area contributed by atoms with Gasteiger partial charge in [-0.15, -0.1) is 0 Å². The lowest BCUT2D eigenvalue weighted by atomic mass is 10.0. The summed E-state index contributed by atoms with van der Waals surface area (Å²) in [6.07, 6.45) is 0. The number of rotatable bonds is 3. The van der Waals surface area contributed by atoms with Gasteiger partial charge in [-0.3, -0.25) is 9.59 Å². The average Bonchev–Trinajstić information content (AvgIpc) is 2.95. The molecular formula is C21H17NO3. The molecule has 4 rings (SSSR count). The highest BCUT2D eigenvalue weighted by molar-refractivity contribution is 6.12. The highest BCUT2D eigenvalue weighted by Crippen LogP contribution is 2.32. The number of carboxylic acid groups (broad SMARTS) is 1. The number of aliphatic carboxylic acids is 1. The molecule has 1 aliphatic heterocycles. The molecule has 3 aromatic carbocycles. The molecule has 0 aromatic heterocycles. The second kappa shape index (κ2) is 5.74. The van der Waals surface area contributed by atoms with Gasteiger partial charge >= 0.3 is 5.97 Å². The molecule has 1 heterocycles. The number of carbonyl (C=O) groups excluding carboxylic acids is 1. The van der Waals surface area contributed by atoms with Crippen LogP contribution < -0.4 is 4.90 Å². The zero-order valence-electron chi connectivity index (χ0n) is 13.8. The van der Waals surface area contributed by atoms with Gasteiger partial charge < -0.3 is 10.0 Å². The van der Waals surface area contributed by atoms with Crippen LogP contribution in [0.25, 0.3) is 10.8 Å². The fourth-order valence-corrected chi connectivity index (χ4v) is 3.30. The van der Waals surface area contributed by atoms with E-state index in [1.54, 1.807) is 24.0 Å². The average molecular weight is 331 g/mol. The molecule has 1 unspecified atom stereocenters. The Labute approximate surface area is 145 Å². The molecule has 3 aromatic rings. The topological polar surface area (TPSA) is 57.6 Å². The normalized spacial score (nSPS) is 14.6. The van der Waals surface area contributed by atoms with Crippen molar-refractivity contribution in [1.82, 2.24) is 0 Å². The van der Waals surface area contributed by atoms with Crippen LogP contribution in [0.5, 0.6) is 0 Å². The lowest BCUT2D eigenvalue weighted by Gasteiger charge is -2.16. The third kappa shape index (κ3) is 2.56. The number of amides is 1. The molecule has 25 heavy (non-hydrogen) atoms. The Morgan fingerprint density at radius 1 is 1.04 bits per heavy atom. The molecule has 0 saturated carbocycles. The molecule has 4 nitrogen and oxygen atoms in total. The number of hydrogen-bond acceptors (Lipinski definition) is 2. The fraction of sp³-hybridized carbons (Fsp3) is 0.143. The van der Waals surface area contributed by atoms with Crippen molar-refractivity contribution < 1.29 is 14.7 Å². The first-order chi connectivity index (χ1) is 12.0. The van der Waals surface area contributed by atoms with Crippen LogP contribution in [0.4, 0.5) is 5.69 Å². The maximum atomic E-state index is 12.8. The van der Waals surface area contributed by atoms with Crippen LogP contribution in [0, 0.1) is 0 Å². The summed E-state index contributed by atoms with van der Waals surface area (Å²) >= 11 is 0. The number of anilines is 1. The molecule has 0 spiro atoms. The van der Waals surface area contributed by atoms with E-state index >= 15 is 0 Å². The number of fused-ring (bicyclic) bond motifs is 2. The van der Waals surface area contributed by atoms with Crippen molar-refractivity contribution >= 4 is 28.3 Å². The van der Waals surface area contributed by atoms with Crippen molar-refractivity contribution in [2.24, 2.45) is 0 Å². The molecule has 0 aliphatic carbocycles. The summed E-state index contributed by atoms with van der Waals surface area (Å²) in [5.41, 5.74) is 3.27. The lowest BCUT2D eigenvalue weighted by Crippen LogP contribution is -2.23. The lowest BCUT2D eigenvalue weighted by molar-refractivity contribution is -0.138. The van der Waals surface area contributed by atoms with Gasteiger partial charge in [-0.05, 0) is 53.1 Å². The van der Waals surface area contributed by atoms with E-state index in [9.17, 15) is 9.59 Å². The van der Waals surface area contributed by atoms with Crippen molar-refractivity contribution in [3.8, 4) is 0 Å². The summed E-state index contributed by atoms with van der Waals surface area (Å²) < 4.78 is 0. The third-order valence-electron chi connectivity index (χ3n) is 4.85. The predicted octanol–water partition coefficient (Wildman–Crippen LogP) is 4.19. The summed E-state index contributed by atoms with van der Waals surface area (Å²) in [6, 6.07) is 19.2. The quantitative estimate of drug-likeness (QED) is 0.783. The number of nitrogens with zero attached hydrogens (tertiary/aromatic N) is 1. The van der Waals surface area contributed by atoms with E-state index in [1.165, 1.54) is 0 Å². The molecule has 4 heteroatoms. The Hall–Kier alpha value is -3.14. The minimum atomic E-state index is -0.857. The zero-order chi connectivity index (χ0) is 17.6. The number of carbonyl (C=O) groups is 2. The standard InChI is InChI=1S/C21H17NO3/c1-13(21(24)25)14-6-8-18(9-7-14)22-12-17-10-15-4-2-3-5-16(15)11-19(17)20(22)23/h2-11,13H,12H2,1H3,(H,24,25). The molecular weight excluding hydrogens is 314 g/mol. The Morgan fingerprint density at radius 3 is 2.32 bits per heavy atom. The van der Waals surface area contributed by atoms with Crippen LogP contribution in [-0.2, 0) is 11.3 Å². The van der Waals surface area contributed by atoms with Gasteiger partial charge in [-0.25, -0.2) is 0 Å². The molecule has 1 amide bonds. The van der Waals surface area contributed by atoms with E-state index in [1.807, 2.05) is 42.5 Å². The van der Waals surface area contributed by atoms with Crippen LogP contribution in [0.1, 0.15) is 34.3 Å². The molecule has 0 saturated heterocycles. The molecule has 0 bridgehead atoms. The Bertz CT molecular complexity index is 992. The highest BCUT2D eigenvalue weighted by Gasteiger charge is 2.29. The van der Waals surface area contributed by atoms with Gasteiger partial charge in [0.1, 0.15) is 0 Å². The zero-order valence-corrected chi connectivity index (χ0v) is 13.8. The van der Waals surface area contributed by atoms with Crippen LogP contribution >= 0.6 is 0 Å². The van der Waals surface area contributed by atoms with E-state index in [0.29, 0.717) is 6.54 Å². The van der Waals surface area contributed by atoms with Crippen molar-refractivity contribution in [2.45, 2.75) is 19.4 Å². The van der Waals surface area contributed by atoms with E-state index in [4.69, 9.17) is 5.11 Å². The number of carboxylic acids is 1. The SMILES string of the molecule is CC(C(=O)O)c1ccc(N2Cc3cc4ccccc4cc3C2=O)cc1. The van der Waals surface area contributed by atoms with Gasteiger partial charge in [0.2, 0.25) is 0 Å². The Kier molecular flexibility index (Phi) is 3.53. The van der Waals surface area contributed by atoms with Crippen molar-refractivity contribution in [3.63, 3.8) is 0 Å².